The zero-order chi connectivity index (χ0) is 12.4. The van der Waals surface area contributed by atoms with E-state index in [1.165, 1.54) is 11.3 Å². The van der Waals surface area contributed by atoms with Crippen LogP contribution in [0.2, 0.25) is 0 Å². The van der Waals surface area contributed by atoms with Crippen molar-refractivity contribution in [1.82, 2.24) is 14.8 Å². The average Bonchev–Trinajstić information content (AvgIpc) is 2.87. The van der Waals surface area contributed by atoms with Crippen molar-refractivity contribution in [3.05, 3.63) is 28.5 Å². The van der Waals surface area contributed by atoms with E-state index in [9.17, 15) is 4.79 Å². The highest BCUT2D eigenvalue weighted by Gasteiger charge is 2.18. The lowest BCUT2D eigenvalue weighted by Gasteiger charge is -2.02. The fourth-order valence-corrected chi connectivity index (χ4v) is 2.30. The largest absolute Gasteiger partial charge is 0.298 e. The third-order valence-corrected chi connectivity index (χ3v) is 3.25. The number of nitrogens with one attached hydrogen (secondary N) is 1. The first-order valence-electron chi connectivity index (χ1n) is 5.38. The lowest BCUT2D eigenvalue weighted by atomic mass is 10.2. The Balaban J connectivity index is 2.28. The van der Waals surface area contributed by atoms with Crippen LogP contribution in [-0.4, -0.2) is 20.7 Å². The van der Waals surface area contributed by atoms with Crippen molar-refractivity contribution in [1.29, 1.82) is 0 Å². The quantitative estimate of drug-likeness (QED) is 0.908. The summed E-state index contributed by atoms with van der Waals surface area (Å²) >= 11 is 1.40. The topological polar surface area (TPSA) is 59.8 Å². The summed E-state index contributed by atoms with van der Waals surface area (Å²) in [6.07, 6.45) is 1.66. The highest BCUT2D eigenvalue weighted by atomic mass is 32.1. The van der Waals surface area contributed by atoms with Gasteiger partial charge in [0.05, 0.1) is 11.3 Å². The zero-order valence-electron chi connectivity index (χ0n) is 10.0. The predicted octanol–water partition coefficient (Wildman–Crippen LogP) is 2.23. The second-order valence-corrected chi connectivity index (χ2v) is 4.55. The normalized spacial score (nSPS) is 10.5. The predicted molar refractivity (Wildman–Crippen MR) is 67.4 cm³/mol. The number of carbonyl (C=O) groups is 1. The van der Waals surface area contributed by atoms with Crippen LogP contribution in [0.5, 0.6) is 0 Å². The minimum absolute atomic E-state index is 0.144. The molecule has 2 aromatic heterocycles. The van der Waals surface area contributed by atoms with Crippen molar-refractivity contribution in [3.63, 3.8) is 0 Å². The van der Waals surface area contributed by atoms with Crippen molar-refractivity contribution in [2.75, 3.05) is 5.32 Å². The van der Waals surface area contributed by atoms with Crippen LogP contribution in [0.15, 0.2) is 11.6 Å². The van der Waals surface area contributed by atoms with Gasteiger partial charge in [0.25, 0.3) is 5.91 Å². The molecule has 0 spiro atoms. The maximum atomic E-state index is 12.1. The summed E-state index contributed by atoms with van der Waals surface area (Å²) in [5, 5.41) is 9.52. The first-order chi connectivity index (χ1) is 8.13. The van der Waals surface area contributed by atoms with E-state index in [-0.39, 0.29) is 5.91 Å². The molecule has 0 aromatic carbocycles. The maximum absolute atomic E-state index is 12.1. The van der Waals surface area contributed by atoms with E-state index in [0.29, 0.717) is 10.7 Å². The molecule has 0 saturated carbocycles. The number of aryl methyl sites for hydroxylation is 2. The number of rotatable bonds is 3. The number of carbonyl (C=O) groups excluding carboxylic acids is 1. The van der Waals surface area contributed by atoms with Gasteiger partial charge in [-0.05, 0) is 20.8 Å². The van der Waals surface area contributed by atoms with Gasteiger partial charge in [-0.3, -0.25) is 14.8 Å². The van der Waals surface area contributed by atoms with Gasteiger partial charge in [0.1, 0.15) is 0 Å². The van der Waals surface area contributed by atoms with Gasteiger partial charge in [0.2, 0.25) is 0 Å². The minimum Gasteiger partial charge on any atom is -0.298 e. The second kappa shape index (κ2) is 4.67. The third-order valence-electron chi connectivity index (χ3n) is 2.56. The molecule has 0 aliphatic heterocycles. The summed E-state index contributed by atoms with van der Waals surface area (Å²) in [7, 11) is 0. The van der Waals surface area contributed by atoms with E-state index in [0.717, 1.165) is 17.9 Å². The molecule has 6 heteroatoms. The number of thiazole rings is 1. The summed E-state index contributed by atoms with van der Waals surface area (Å²) in [5.41, 5.74) is 2.28. The molecule has 0 bridgehead atoms. The smallest absolute Gasteiger partial charge is 0.261 e. The van der Waals surface area contributed by atoms with Crippen molar-refractivity contribution < 1.29 is 4.79 Å². The van der Waals surface area contributed by atoms with Gasteiger partial charge in [0, 0.05) is 23.8 Å². The Kier molecular flexibility index (Phi) is 3.23. The van der Waals surface area contributed by atoms with Crippen LogP contribution in [0, 0.1) is 13.8 Å². The van der Waals surface area contributed by atoms with Gasteiger partial charge in [-0.2, -0.15) is 5.10 Å². The number of nitrogens with zero attached hydrogens (tertiary/aromatic N) is 3. The summed E-state index contributed by atoms with van der Waals surface area (Å²) in [6, 6.07) is 0. The molecule has 2 aromatic rings. The number of hydrogen-bond donors (Lipinski definition) is 1. The van der Waals surface area contributed by atoms with E-state index >= 15 is 0 Å². The molecule has 1 amide bonds. The average molecular weight is 250 g/mol. The van der Waals surface area contributed by atoms with E-state index in [1.807, 2.05) is 30.8 Å². The Morgan fingerprint density at radius 2 is 2.29 bits per heavy atom. The molecule has 2 rings (SSSR count). The van der Waals surface area contributed by atoms with Crippen LogP contribution < -0.4 is 5.32 Å². The van der Waals surface area contributed by atoms with Gasteiger partial charge in [-0.15, -0.1) is 11.3 Å². The Morgan fingerprint density at radius 3 is 2.82 bits per heavy atom. The molecule has 0 saturated heterocycles. The molecule has 90 valence electrons. The summed E-state index contributed by atoms with van der Waals surface area (Å²) in [4.78, 5) is 16.1. The maximum Gasteiger partial charge on any atom is 0.261 e. The van der Waals surface area contributed by atoms with E-state index in [2.05, 4.69) is 15.4 Å². The van der Waals surface area contributed by atoms with Gasteiger partial charge in [-0.25, -0.2) is 4.98 Å². The molecule has 0 aliphatic rings. The highest BCUT2D eigenvalue weighted by molar-refractivity contribution is 7.13. The first kappa shape index (κ1) is 11.8. The van der Waals surface area contributed by atoms with Crippen LogP contribution in [-0.2, 0) is 6.54 Å². The van der Waals surface area contributed by atoms with Crippen molar-refractivity contribution >= 4 is 22.4 Å². The molecule has 0 fully saturated rings. The summed E-state index contributed by atoms with van der Waals surface area (Å²) < 4.78 is 1.83. The first-order valence-corrected chi connectivity index (χ1v) is 6.26. The molecule has 17 heavy (non-hydrogen) atoms. The Bertz CT molecular complexity index is 530. The van der Waals surface area contributed by atoms with E-state index in [1.54, 1.807) is 6.20 Å². The van der Waals surface area contributed by atoms with Crippen LogP contribution in [0.25, 0.3) is 0 Å². The third kappa shape index (κ3) is 2.21. The van der Waals surface area contributed by atoms with Crippen molar-refractivity contribution in [2.45, 2.75) is 27.3 Å². The fraction of sp³-hybridized carbons (Fsp3) is 0.364. The Hall–Kier alpha value is -1.69. The molecule has 2 heterocycles. The van der Waals surface area contributed by atoms with Crippen LogP contribution in [0.1, 0.15) is 28.7 Å². The Morgan fingerprint density at radius 1 is 1.53 bits per heavy atom. The number of amides is 1. The lowest BCUT2D eigenvalue weighted by Crippen LogP contribution is -2.14. The number of anilines is 1. The van der Waals surface area contributed by atoms with Crippen LogP contribution >= 0.6 is 11.3 Å². The second-order valence-electron chi connectivity index (χ2n) is 3.65. The van der Waals surface area contributed by atoms with E-state index in [4.69, 9.17) is 0 Å². The number of aromatic nitrogens is 3. The standard InChI is InChI=1S/C11H14N4OS/c1-4-15-8(3)9(7(2)14-15)10(16)13-11-12-5-6-17-11/h5-6H,4H2,1-3H3,(H,12,13,16). The minimum atomic E-state index is -0.144. The van der Waals surface area contributed by atoms with Gasteiger partial charge in [-0.1, -0.05) is 0 Å². The highest BCUT2D eigenvalue weighted by Crippen LogP contribution is 2.17. The summed E-state index contributed by atoms with van der Waals surface area (Å²) in [6.45, 7) is 6.51. The van der Waals surface area contributed by atoms with Gasteiger partial charge >= 0.3 is 0 Å². The molecular formula is C11H14N4OS. The van der Waals surface area contributed by atoms with Gasteiger partial charge < -0.3 is 0 Å². The van der Waals surface area contributed by atoms with Crippen LogP contribution in [0.4, 0.5) is 5.13 Å². The SMILES string of the molecule is CCn1nc(C)c(C(=O)Nc2nccs2)c1C. The lowest BCUT2D eigenvalue weighted by molar-refractivity contribution is 0.102. The molecule has 5 nitrogen and oxygen atoms in total. The number of hydrogen-bond acceptors (Lipinski definition) is 4. The monoisotopic (exact) mass is 250 g/mol. The molecule has 0 atom stereocenters. The van der Waals surface area contributed by atoms with Crippen LogP contribution in [0.3, 0.4) is 0 Å². The van der Waals surface area contributed by atoms with Gasteiger partial charge in [0.15, 0.2) is 5.13 Å². The Labute approximate surface area is 103 Å². The zero-order valence-corrected chi connectivity index (χ0v) is 10.8. The molecule has 0 radical (unpaired) electrons. The fourth-order valence-electron chi connectivity index (χ4n) is 1.78. The molecule has 1 N–H and O–H groups in total. The molecule has 0 unspecified atom stereocenters. The molecule has 0 aliphatic carbocycles. The van der Waals surface area contributed by atoms with E-state index < -0.39 is 0 Å². The van der Waals surface area contributed by atoms with Crippen molar-refractivity contribution in [2.24, 2.45) is 0 Å². The molecular weight excluding hydrogens is 236 g/mol. The van der Waals surface area contributed by atoms with Crippen molar-refractivity contribution in [3.8, 4) is 0 Å². The summed E-state index contributed by atoms with van der Waals surface area (Å²) in [5.74, 6) is -0.144.